The van der Waals surface area contributed by atoms with Crippen LogP contribution in [0.5, 0.6) is 5.75 Å². The van der Waals surface area contributed by atoms with Crippen molar-refractivity contribution in [3.63, 3.8) is 0 Å². The Balaban J connectivity index is 2.05. The SMILES string of the molecule is COc1cccc(CN(C(=O)CN(c2cccc(Cl)c2)S(=O)(=O)c2ccc(Cl)cc2)[C@@H](C)C(=O)NC(C)(C)C)c1. The Labute approximate surface area is 245 Å². The molecule has 0 heterocycles. The van der Waals surface area contributed by atoms with Gasteiger partial charge in [0.15, 0.2) is 0 Å². The zero-order chi connectivity index (χ0) is 29.7. The molecular weight excluding hydrogens is 573 g/mol. The molecule has 3 aromatic carbocycles. The summed E-state index contributed by atoms with van der Waals surface area (Å²) in [5.41, 5.74) is 0.364. The summed E-state index contributed by atoms with van der Waals surface area (Å²) in [6.07, 6.45) is 0. The third kappa shape index (κ3) is 8.13. The number of amides is 2. The van der Waals surface area contributed by atoms with Crippen LogP contribution in [0.1, 0.15) is 33.3 Å². The predicted octanol–water partition coefficient (Wildman–Crippen LogP) is 5.53. The second-order valence-corrected chi connectivity index (χ2v) is 13.0. The Hall–Kier alpha value is -3.27. The summed E-state index contributed by atoms with van der Waals surface area (Å²) in [6, 6.07) is 18.1. The number of methoxy groups -OCH3 is 1. The van der Waals surface area contributed by atoms with Crippen LogP contribution in [0.4, 0.5) is 5.69 Å². The van der Waals surface area contributed by atoms with Crippen LogP contribution in [0.15, 0.2) is 77.7 Å². The third-order valence-electron chi connectivity index (χ3n) is 5.93. The number of hydrogen-bond acceptors (Lipinski definition) is 5. The lowest BCUT2D eigenvalue weighted by Gasteiger charge is -2.33. The number of hydrogen-bond donors (Lipinski definition) is 1. The number of rotatable bonds is 10. The molecule has 214 valence electrons. The fourth-order valence-electron chi connectivity index (χ4n) is 3.92. The molecule has 3 rings (SSSR count). The lowest BCUT2D eigenvalue weighted by Crippen LogP contribution is -2.54. The van der Waals surface area contributed by atoms with E-state index in [1.807, 2.05) is 20.8 Å². The van der Waals surface area contributed by atoms with E-state index in [1.165, 1.54) is 42.3 Å². The van der Waals surface area contributed by atoms with E-state index >= 15 is 0 Å². The fourth-order valence-corrected chi connectivity index (χ4v) is 5.63. The minimum Gasteiger partial charge on any atom is -0.497 e. The first kappa shape index (κ1) is 31.3. The van der Waals surface area contributed by atoms with Crippen molar-refractivity contribution in [3.8, 4) is 5.75 Å². The van der Waals surface area contributed by atoms with Gasteiger partial charge in [0.2, 0.25) is 11.8 Å². The van der Waals surface area contributed by atoms with Crippen molar-refractivity contribution in [2.75, 3.05) is 18.0 Å². The van der Waals surface area contributed by atoms with E-state index in [-0.39, 0.29) is 23.0 Å². The maximum absolute atomic E-state index is 14.0. The highest BCUT2D eigenvalue weighted by Crippen LogP contribution is 2.28. The molecule has 11 heteroatoms. The zero-order valence-corrected chi connectivity index (χ0v) is 25.3. The van der Waals surface area contributed by atoms with Crippen LogP contribution in [-0.4, -0.2) is 50.4 Å². The maximum Gasteiger partial charge on any atom is 0.264 e. The second-order valence-electron chi connectivity index (χ2n) is 10.2. The molecule has 0 spiro atoms. The number of carbonyl (C=O) groups excluding carboxylic acids is 2. The zero-order valence-electron chi connectivity index (χ0n) is 23.0. The number of nitrogens with one attached hydrogen (secondary N) is 1. The lowest BCUT2D eigenvalue weighted by atomic mass is 10.1. The van der Waals surface area contributed by atoms with Crippen molar-refractivity contribution < 1.29 is 22.7 Å². The molecule has 0 aliphatic heterocycles. The molecule has 3 aromatic rings. The van der Waals surface area contributed by atoms with Gasteiger partial charge >= 0.3 is 0 Å². The summed E-state index contributed by atoms with van der Waals surface area (Å²) in [5.74, 6) is -0.377. The van der Waals surface area contributed by atoms with Crippen LogP contribution in [0, 0.1) is 0 Å². The van der Waals surface area contributed by atoms with Gasteiger partial charge in [0, 0.05) is 22.1 Å². The van der Waals surface area contributed by atoms with E-state index in [2.05, 4.69) is 5.32 Å². The van der Waals surface area contributed by atoms with Gasteiger partial charge < -0.3 is 15.0 Å². The van der Waals surface area contributed by atoms with E-state index in [0.29, 0.717) is 21.4 Å². The van der Waals surface area contributed by atoms with Crippen LogP contribution in [0.2, 0.25) is 10.0 Å². The molecule has 0 aromatic heterocycles. The second kappa shape index (κ2) is 12.9. The van der Waals surface area contributed by atoms with E-state index in [1.54, 1.807) is 49.4 Å². The monoisotopic (exact) mass is 605 g/mol. The van der Waals surface area contributed by atoms with Crippen LogP contribution in [-0.2, 0) is 26.2 Å². The van der Waals surface area contributed by atoms with Crippen LogP contribution >= 0.6 is 23.2 Å². The summed E-state index contributed by atoms with van der Waals surface area (Å²) < 4.78 is 33.9. The summed E-state index contributed by atoms with van der Waals surface area (Å²) in [6.45, 7) is 6.58. The molecule has 40 heavy (non-hydrogen) atoms. The normalized spacial score (nSPS) is 12.4. The van der Waals surface area contributed by atoms with E-state index < -0.39 is 34.1 Å². The van der Waals surface area contributed by atoms with Gasteiger partial charge in [-0.2, -0.15) is 0 Å². The fraction of sp³-hybridized carbons (Fsp3) is 0.310. The molecular formula is C29H33Cl2N3O5S. The molecule has 0 aliphatic carbocycles. The van der Waals surface area contributed by atoms with Crippen LogP contribution < -0.4 is 14.4 Å². The van der Waals surface area contributed by atoms with E-state index in [9.17, 15) is 18.0 Å². The topological polar surface area (TPSA) is 96.0 Å². The van der Waals surface area contributed by atoms with E-state index in [4.69, 9.17) is 27.9 Å². The van der Waals surface area contributed by atoms with Crippen molar-refractivity contribution in [2.24, 2.45) is 0 Å². The highest BCUT2D eigenvalue weighted by molar-refractivity contribution is 7.92. The number of carbonyl (C=O) groups is 2. The summed E-state index contributed by atoms with van der Waals surface area (Å²) in [4.78, 5) is 28.4. The van der Waals surface area contributed by atoms with Crippen molar-refractivity contribution >= 4 is 50.7 Å². The Morgan fingerprint density at radius 2 is 1.60 bits per heavy atom. The molecule has 0 bridgehead atoms. The molecule has 0 radical (unpaired) electrons. The third-order valence-corrected chi connectivity index (χ3v) is 8.20. The molecule has 0 aliphatic rings. The number of benzene rings is 3. The predicted molar refractivity (Wildman–Crippen MR) is 158 cm³/mol. The first-order valence-corrected chi connectivity index (χ1v) is 14.7. The molecule has 8 nitrogen and oxygen atoms in total. The molecule has 1 atom stereocenters. The van der Waals surface area contributed by atoms with Gasteiger partial charge in [0.05, 0.1) is 17.7 Å². The number of halogens is 2. The number of sulfonamides is 1. The molecule has 0 fully saturated rings. The highest BCUT2D eigenvalue weighted by atomic mass is 35.5. The Morgan fingerprint density at radius 1 is 0.950 bits per heavy atom. The summed E-state index contributed by atoms with van der Waals surface area (Å²) >= 11 is 12.2. The average Bonchev–Trinajstić information content (AvgIpc) is 2.89. The standard InChI is InChI=1S/C29H33Cl2N3O5S/c1-20(28(36)32-29(2,3)4)33(18-21-8-6-11-25(16-21)39-5)27(35)19-34(24-10-7-9-23(31)17-24)40(37,38)26-14-12-22(30)13-15-26/h6-17,20H,18-19H2,1-5H3,(H,32,36)/t20-/m0/s1. The van der Waals surface area contributed by atoms with Gasteiger partial charge in [0.25, 0.3) is 10.0 Å². The minimum atomic E-state index is -4.23. The Morgan fingerprint density at radius 3 is 2.20 bits per heavy atom. The van der Waals surface area contributed by atoms with Gasteiger partial charge in [-0.3, -0.25) is 13.9 Å². The van der Waals surface area contributed by atoms with Gasteiger partial charge in [-0.1, -0.05) is 41.4 Å². The minimum absolute atomic E-state index is 0.0408. The highest BCUT2D eigenvalue weighted by Gasteiger charge is 2.33. The average molecular weight is 607 g/mol. The lowest BCUT2D eigenvalue weighted by molar-refractivity contribution is -0.140. The first-order chi connectivity index (χ1) is 18.7. The molecule has 2 amide bonds. The first-order valence-electron chi connectivity index (χ1n) is 12.5. The molecule has 0 unspecified atom stereocenters. The van der Waals surface area contributed by atoms with Gasteiger partial charge in [-0.15, -0.1) is 0 Å². The van der Waals surface area contributed by atoms with Crippen molar-refractivity contribution in [2.45, 2.75) is 50.7 Å². The Bertz CT molecular complexity index is 1460. The van der Waals surface area contributed by atoms with Gasteiger partial charge in [-0.25, -0.2) is 8.42 Å². The molecule has 0 saturated heterocycles. The molecule has 0 saturated carbocycles. The van der Waals surface area contributed by atoms with Crippen LogP contribution in [0.3, 0.4) is 0 Å². The summed E-state index contributed by atoms with van der Waals surface area (Å²) in [7, 11) is -2.69. The Kier molecular flexibility index (Phi) is 10.1. The molecule has 1 N–H and O–H groups in total. The quantitative estimate of drug-likeness (QED) is 0.328. The van der Waals surface area contributed by atoms with Crippen molar-refractivity contribution in [1.29, 1.82) is 0 Å². The van der Waals surface area contributed by atoms with Crippen molar-refractivity contribution in [3.05, 3.63) is 88.4 Å². The van der Waals surface area contributed by atoms with Crippen molar-refractivity contribution in [1.82, 2.24) is 10.2 Å². The number of anilines is 1. The van der Waals surface area contributed by atoms with Crippen LogP contribution in [0.25, 0.3) is 0 Å². The number of nitrogens with zero attached hydrogens (tertiary/aromatic N) is 2. The van der Waals surface area contributed by atoms with E-state index in [0.717, 1.165) is 4.31 Å². The van der Waals surface area contributed by atoms with Gasteiger partial charge in [0.1, 0.15) is 18.3 Å². The number of ether oxygens (including phenoxy) is 1. The van der Waals surface area contributed by atoms with Gasteiger partial charge in [-0.05, 0) is 87.9 Å². The largest absolute Gasteiger partial charge is 0.497 e. The summed E-state index contributed by atoms with van der Waals surface area (Å²) in [5, 5.41) is 3.56. The maximum atomic E-state index is 14.0. The smallest absolute Gasteiger partial charge is 0.264 e.